The van der Waals surface area contributed by atoms with E-state index in [0.29, 0.717) is 26.2 Å². The van der Waals surface area contributed by atoms with Gasteiger partial charge in [0.15, 0.2) is 10.6 Å². The lowest BCUT2D eigenvalue weighted by Gasteiger charge is -2.23. The minimum atomic E-state index is -0.660. The van der Waals surface area contributed by atoms with Gasteiger partial charge in [0.2, 0.25) is 0 Å². The fourth-order valence-corrected chi connectivity index (χ4v) is 5.47. The van der Waals surface area contributed by atoms with E-state index in [4.69, 9.17) is 9.47 Å². The van der Waals surface area contributed by atoms with Gasteiger partial charge in [-0.3, -0.25) is 19.5 Å². The summed E-state index contributed by atoms with van der Waals surface area (Å²) < 4.78 is 12.1. The van der Waals surface area contributed by atoms with Crippen LogP contribution in [0.25, 0.3) is 6.08 Å². The zero-order valence-electron chi connectivity index (χ0n) is 17.9. The van der Waals surface area contributed by atoms with Gasteiger partial charge in [0, 0.05) is 10.9 Å². The van der Waals surface area contributed by atoms with Crippen LogP contribution < -0.4 is 19.6 Å². The first-order chi connectivity index (χ1) is 15.8. The number of nitro benzene ring substituents is 1. The van der Waals surface area contributed by atoms with Crippen molar-refractivity contribution < 1.29 is 19.2 Å². The van der Waals surface area contributed by atoms with Crippen LogP contribution in [0.5, 0.6) is 5.75 Å². The Morgan fingerprint density at radius 1 is 1.36 bits per heavy atom. The number of thiazole rings is 1. The predicted molar refractivity (Wildman–Crippen MR) is 124 cm³/mol. The Bertz CT molecular complexity index is 1450. The molecule has 3 aromatic rings. The lowest BCUT2D eigenvalue weighted by Crippen LogP contribution is -2.39. The van der Waals surface area contributed by atoms with E-state index in [1.165, 1.54) is 35.1 Å². The Morgan fingerprint density at radius 2 is 2.15 bits per heavy atom. The first kappa shape index (κ1) is 22.6. The lowest BCUT2D eigenvalue weighted by atomic mass is 10.0. The second kappa shape index (κ2) is 9.12. The van der Waals surface area contributed by atoms with E-state index in [9.17, 15) is 19.7 Å². The largest absolute Gasteiger partial charge is 0.490 e. The molecule has 9 nitrogen and oxygen atoms in total. The molecule has 0 spiro atoms. The summed E-state index contributed by atoms with van der Waals surface area (Å²) in [6, 6.07) is 7.52. The molecule has 1 aliphatic rings. The first-order valence-corrected chi connectivity index (χ1v) is 11.6. The Kier molecular flexibility index (Phi) is 6.25. The van der Waals surface area contributed by atoms with Crippen LogP contribution >= 0.6 is 22.7 Å². The van der Waals surface area contributed by atoms with Gasteiger partial charge in [-0.25, -0.2) is 9.79 Å². The van der Waals surface area contributed by atoms with E-state index in [0.717, 1.165) is 16.2 Å². The summed E-state index contributed by atoms with van der Waals surface area (Å²) >= 11 is 2.59. The molecule has 1 aromatic carbocycles. The molecule has 0 fully saturated rings. The normalized spacial score (nSPS) is 15.7. The zero-order chi connectivity index (χ0) is 23.7. The van der Waals surface area contributed by atoms with E-state index in [1.54, 1.807) is 26.0 Å². The molecule has 0 saturated heterocycles. The van der Waals surface area contributed by atoms with Gasteiger partial charge >= 0.3 is 11.7 Å². The number of fused-ring (bicyclic) bond motifs is 1. The van der Waals surface area contributed by atoms with Crippen LogP contribution in [-0.2, 0) is 9.53 Å². The number of allylic oxidation sites excluding steroid dienone is 1. The van der Waals surface area contributed by atoms with Crippen molar-refractivity contribution in [3.63, 3.8) is 0 Å². The molecule has 3 heterocycles. The Morgan fingerprint density at radius 3 is 2.79 bits per heavy atom. The molecule has 0 unspecified atom stereocenters. The van der Waals surface area contributed by atoms with Crippen LogP contribution in [0.2, 0.25) is 0 Å². The van der Waals surface area contributed by atoms with Gasteiger partial charge in [0.1, 0.15) is 6.04 Å². The van der Waals surface area contributed by atoms with E-state index < -0.39 is 16.9 Å². The van der Waals surface area contributed by atoms with E-state index >= 15 is 0 Å². The molecular formula is C22H19N3O6S2. The fraction of sp³-hybridized carbons (Fsp3) is 0.227. The number of carbonyl (C=O) groups is 1. The van der Waals surface area contributed by atoms with Crippen LogP contribution in [0.3, 0.4) is 0 Å². The number of thiophene rings is 1. The number of nitro groups is 1. The number of rotatable bonds is 6. The number of nitrogens with zero attached hydrogens (tertiary/aromatic N) is 3. The fourth-order valence-electron chi connectivity index (χ4n) is 3.60. The van der Waals surface area contributed by atoms with Crippen LogP contribution in [0.15, 0.2) is 56.8 Å². The average Bonchev–Trinajstić information content (AvgIpc) is 3.41. The Labute approximate surface area is 195 Å². The summed E-state index contributed by atoms with van der Waals surface area (Å²) in [4.78, 5) is 42.8. The molecule has 2 aromatic heterocycles. The quantitative estimate of drug-likeness (QED) is 0.301. The lowest BCUT2D eigenvalue weighted by molar-refractivity contribution is -0.385. The van der Waals surface area contributed by atoms with Crippen LogP contribution in [0.1, 0.15) is 30.3 Å². The highest BCUT2D eigenvalue weighted by Crippen LogP contribution is 2.33. The molecule has 0 radical (unpaired) electrons. The maximum Gasteiger partial charge on any atom is 0.338 e. The molecule has 0 bridgehead atoms. The Balaban J connectivity index is 1.91. The van der Waals surface area contributed by atoms with Crippen molar-refractivity contribution in [1.29, 1.82) is 0 Å². The molecule has 1 aliphatic heterocycles. The number of hydrogen-bond acceptors (Lipinski definition) is 9. The van der Waals surface area contributed by atoms with Crippen LogP contribution in [-0.4, -0.2) is 29.2 Å². The van der Waals surface area contributed by atoms with Crippen molar-refractivity contribution in [3.05, 3.63) is 87.2 Å². The molecule has 11 heteroatoms. The number of hydrogen-bond donors (Lipinski definition) is 0. The van der Waals surface area contributed by atoms with Crippen molar-refractivity contribution in [2.75, 3.05) is 13.7 Å². The number of aromatic nitrogens is 1. The van der Waals surface area contributed by atoms with Crippen molar-refractivity contribution in [2.24, 2.45) is 4.99 Å². The summed E-state index contributed by atoms with van der Waals surface area (Å²) in [7, 11) is 1.36. The molecule has 0 N–H and O–H groups in total. The zero-order valence-corrected chi connectivity index (χ0v) is 19.6. The summed E-state index contributed by atoms with van der Waals surface area (Å²) in [5.74, 6) is -0.386. The molecule has 1 atom stereocenters. The number of esters is 1. The molecule has 0 saturated carbocycles. The number of methoxy groups -OCH3 is 1. The van der Waals surface area contributed by atoms with Gasteiger partial charge in [-0.1, -0.05) is 23.5 Å². The van der Waals surface area contributed by atoms with E-state index in [1.807, 2.05) is 17.5 Å². The third kappa shape index (κ3) is 4.12. The van der Waals surface area contributed by atoms with Gasteiger partial charge in [0.25, 0.3) is 5.56 Å². The topological polar surface area (TPSA) is 113 Å². The third-order valence-electron chi connectivity index (χ3n) is 5.03. The molecule has 4 rings (SSSR count). The van der Waals surface area contributed by atoms with Gasteiger partial charge in [-0.15, -0.1) is 11.3 Å². The highest BCUT2D eigenvalue weighted by atomic mass is 32.1. The molecular weight excluding hydrogens is 466 g/mol. The second-order valence-electron chi connectivity index (χ2n) is 7.01. The van der Waals surface area contributed by atoms with Crippen molar-refractivity contribution in [1.82, 2.24) is 4.57 Å². The van der Waals surface area contributed by atoms with E-state index in [2.05, 4.69) is 4.99 Å². The van der Waals surface area contributed by atoms with Crippen molar-refractivity contribution >= 4 is 40.4 Å². The smallest absolute Gasteiger partial charge is 0.338 e. The summed E-state index contributed by atoms with van der Waals surface area (Å²) in [5, 5.41) is 13.2. The monoisotopic (exact) mass is 485 g/mol. The Hall–Kier alpha value is -3.57. The maximum atomic E-state index is 13.5. The second-order valence-corrected chi connectivity index (χ2v) is 8.99. The van der Waals surface area contributed by atoms with Crippen LogP contribution in [0, 0.1) is 10.1 Å². The highest BCUT2D eigenvalue weighted by Gasteiger charge is 2.33. The van der Waals surface area contributed by atoms with Crippen molar-refractivity contribution in [2.45, 2.75) is 19.9 Å². The van der Waals surface area contributed by atoms with Crippen LogP contribution in [0.4, 0.5) is 5.69 Å². The maximum absolute atomic E-state index is 13.5. The molecule has 33 heavy (non-hydrogen) atoms. The number of carbonyl (C=O) groups excluding carboxylic acids is 1. The predicted octanol–water partition coefficient (Wildman–Crippen LogP) is 2.78. The number of ether oxygens (including phenoxy) is 2. The van der Waals surface area contributed by atoms with Gasteiger partial charge < -0.3 is 9.47 Å². The summed E-state index contributed by atoms with van der Waals surface area (Å²) in [6.07, 6.45) is 1.57. The molecule has 170 valence electrons. The standard InChI is InChI=1S/C22H19N3O6S2/c1-4-31-21(27)18-12(2)23-22-24(19(18)16-6-5-9-32-16)20(26)17(33-22)11-13-7-8-15(30-3)14(10-13)25(28)29/h5-11,19H,4H2,1-3H3/b17-11-/t19-/m0/s1. The molecule has 0 aliphatic carbocycles. The van der Waals surface area contributed by atoms with Crippen molar-refractivity contribution in [3.8, 4) is 5.75 Å². The highest BCUT2D eigenvalue weighted by molar-refractivity contribution is 7.10. The SMILES string of the molecule is CCOC(=O)C1=C(C)N=c2s/c(=C\c3ccc(OC)c([N+](=O)[O-])c3)c(=O)n2[C@H]1c1cccs1. The summed E-state index contributed by atoms with van der Waals surface area (Å²) in [6.45, 7) is 3.64. The van der Waals surface area contributed by atoms with Gasteiger partial charge in [-0.2, -0.15) is 0 Å². The van der Waals surface area contributed by atoms with Gasteiger partial charge in [-0.05, 0) is 43.0 Å². The molecule has 0 amide bonds. The minimum absolute atomic E-state index is 0.131. The first-order valence-electron chi connectivity index (χ1n) is 9.91. The third-order valence-corrected chi connectivity index (χ3v) is 6.93. The number of benzene rings is 1. The van der Waals surface area contributed by atoms with E-state index in [-0.39, 0.29) is 23.6 Å². The summed E-state index contributed by atoms with van der Waals surface area (Å²) in [5.41, 5.74) is 0.737. The minimum Gasteiger partial charge on any atom is -0.490 e. The van der Waals surface area contributed by atoms with Gasteiger partial charge in [0.05, 0.1) is 34.4 Å². The average molecular weight is 486 g/mol.